The van der Waals surface area contributed by atoms with E-state index in [4.69, 9.17) is 11.6 Å². The van der Waals surface area contributed by atoms with E-state index >= 15 is 0 Å². The molecule has 0 radical (unpaired) electrons. The second-order valence-corrected chi connectivity index (χ2v) is 5.51. The highest BCUT2D eigenvalue weighted by molar-refractivity contribution is 6.34. The fraction of sp³-hybridized carbons (Fsp3) is 0.312. The fourth-order valence-electron chi connectivity index (χ4n) is 2.00. The van der Waals surface area contributed by atoms with Gasteiger partial charge >= 0.3 is 0 Å². The van der Waals surface area contributed by atoms with Crippen molar-refractivity contribution in [2.75, 3.05) is 23.8 Å². The smallest absolute Gasteiger partial charge is 0.261 e. The first-order valence-electron chi connectivity index (χ1n) is 7.33. The number of unbranched alkanes of at least 4 members (excludes halogenated alkanes) is 1. The SMILES string of the molecule is CCCCN(C)c1ccc(NC(=O)c2c(F)cccc2Cl)nn1. The molecule has 5 nitrogen and oxygen atoms in total. The van der Waals surface area contributed by atoms with Crippen LogP contribution in [0.1, 0.15) is 30.1 Å². The molecular weight excluding hydrogens is 319 g/mol. The Morgan fingerprint density at radius 3 is 2.70 bits per heavy atom. The van der Waals surface area contributed by atoms with Crippen molar-refractivity contribution in [3.8, 4) is 0 Å². The number of aromatic nitrogens is 2. The number of hydrogen-bond donors (Lipinski definition) is 1. The van der Waals surface area contributed by atoms with Crippen molar-refractivity contribution in [1.29, 1.82) is 0 Å². The molecule has 0 saturated carbocycles. The zero-order chi connectivity index (χ0) is 16.8. The molecule has 0 fully saturated rings. The van der Waals surface area contributed by atoms with E-state index in [0.717, 1.165) is 19.4 Å². The third-order valence-corrected chi connectivity index (χ3v) is 3.64. The zero-order valence-corrected chi connectivity index (χ0v) is 13.8. The molecule has 1 amide bonds. The van der Waals surface area contributed by atoms with Crippen LogP contribution < -0.4 is 10.2 Å². The number of nitrogens with zero attached hydrogens (tertiary/aromatic N) is 3. The van der Waals surface area contributed by atoms with E-state index in [1.165, 1.54) is 18.2 Å². The topological polar surface area (TPSA) is 58.1 Å². The third-order valence-electron chi connectivity index (χ3n) is 3.32. The molecule has 0 aliphatic heterocycles. The van der Waals surface area contributed by atoms with Crippen molar-refractivity contribution in [1.82, 2.24) is 10.2 Å². The minimum atomic E-state index is -0.682. The molecule has 0 aliphatic rings. The number of halogens is 2. The predicted molar refractivity (Wildman–Crippen MR) is 89.6 cm³/mol. The first-order chi connectivity index (χ1) is 11.0. The Hall–Kier alpha value is -2.21. The summed E-state index contributed by atoms with van der Waals surface area (Å²) < 4.78 is 13.7. The molecule has 0 atom stereocenters. The lowest BCUT2D eigenvalue weighted by Crippen LogP contribution is -2.20. The van der Waals surface area contributed by atoms with E-state index in [2.05, 4.69) is 22.4 Å². The van der Waals surface area contributed by atoms with E-state index in [9.17, 15) is 9.18 Å². The summed E-state index contributed by atoms with van der Waals surface area (Å²) in [5, 5.41) is 10.5. The van der Waals surface area contributed by atoms with Crippen molar-refractivity contribution in [3.05, 3.63) is 46.7 Å². The van der Waals surface area contributed by atoms with Crippen LogP contribution in [0.25, 0.3) is 0 Å². The van der Waals surface area contributed by atoms with Crippen LogP contribution in [0.4, 0.5) is 16.0 Å². The van der Waals surface area contributed by atoms with Crippen LogP contribution in [-0.4, -0.2) is 29.7 Å². The van der Waals surface area contributed by atoms with E-state index in [-0.39, 0.29) is 16.4 Å². The van der Waals surface area contributed by atoms with Gasteiger partial charge in [-0.15, -0.1) is 10.2 Å². The monoisotopic (exact) mass is 336 g/mol. The van der Waals surface area contributed by atoms with Crippen LogP contribution in [0.3, 0.4) is 0 Å². The molecule has 0 spiro atoms. The van der Waals surface area contributed by atoms with Crippen molar-refractivity contribution < 1.29 is 9.18 Å². The Morgan fingerprint density at radius 1 is 1.30 bits per heavy atom. The molecule has 1 heterocycles. The first-order valence-corrected chi connectivity index (χ1v) is 7.71. The lowest BCUT2D eigenvalue weighted by molar-refractivity contribution is 0.102. The maximum atomic E-state index is 13.7. The number of carbonyl (C=O) groups is 1. The summed E-state index contributed by atoms with van der Waals surface area (Å²) in [6.07, 6.45) is 2.15. The molecule has 7 heteroatoms. The van der Waals surface area contributed by atoms with E-state index in [0.29, 0.717) is 5.82 Å². The number of rotatable bonds is 6. The van der Waals surface area contributed by atoms with Gasteiger partial charge < -0.3 is 10.2 Å². The molecule has 0 unspecified atom stereocenters. The lowest BCUT2D eigenvalue weighted by atomic mass is 10.2. The summed E-state index contributed by atoms with van der Waals surface area (Å²) in [6, 6.07) is 7.45. The van der Waals surface area contributed by atoms with Crippen LogP contribution in [0.2, 0.25) is 5.02 Å². The van der Waals surface area contributed by atoms with Gasteiger partial charge in [-0.05, 0) is 30.7 Å². The van der Waals surface area contributed by atoms with Crippen LogP contribution in [-0.2, 0) is 0 Å². The van der Waals surface area contributed by atoms with Crippen LogP contribution in [0.5, 0.6) is 0 Å². The van der Waals surface area contributed by atoms with Gasteiger partial charge in [0.25, 0.3) is 5.91 Å². The van der Waals surface area contributed by atoms with Gasteiger partial charge in [-0.3, -0.25) is 4.79 Å². The summed E-state index contributed by atoms with van der Waals surface area (Å²) in [5.41, 5.74) is -0.208. The van der Waals surface area contributed by atoms with Gasteiger partial charge in [0.05, 0.1) is 10.6 Å². The van der Waals surface area contributed by atoms with Gasteiger partial charge in [0.2, 0.25) is 0 Å². The summed E-state index contributed by atoms with van der Waals surface area (Å²) in [7, 11) is 1.93. The van der Waals surface area contributed by atoms with Crippen LogP contribution in [0, 0.1) is 5.82 Å². The molecule has 0 aliphatic carbocycles. The van der Waals surface area contributed by atoms with Crippen molar-refractivity contribution in [3.63, 3.8) is 0 Å². The minimum absolute atomic E-state index is 0.0476. The maximum Gasteiger partial charge on any atom is 0.261 e. The third kappa shape index (κ3) is 4.39. The highest BCUT2D eigenvalue weighted by atomic mass is 35.5. The van der Waals surface area contributed by atoms with Gasteiger partial charge in [-0.2, -0.15) is 0 Å². The minimum Gasteiger partial charge on any atom is -0.358 e. The van der Waals surface area contributed by atoms with Gasteiger partial charge in [-0.25, -0.2) is 4.39 Å². The normalized spacial score (nSPS) is 10.4. The standard InChI is InChI=1S/C16H18ClFN4O/c1-3-4-10-22(2)14-9-8-13(20-21-14)19-16(23)15-11(17)6-5-7-12(15)18/h5-9H,3-4,10H2,1-2H3,(H,19,20,23). The molecule has 1 N–H and O–H groups in total. The van der Waals surface area contributed by atoms with Crippen LogP contribution >= 0.6 is 11.6 Å². The van der Waals surface area contributed by atoms with E-state index < -0.39 is 11.7 Å². The number of anilines is 2. The molecule has 122 valence electrons. The largest absolute Gasteiger partial charge is 0.358 e. The molecular formula is C16H18ClFN4O. The van der Waals surface area contributed by atoms with Gasteiger partial charge in [0, 0.05) is 13.6 Å². The molecule has 1 aromatic heterocycles. The Bertz CT molecular complexity index is 658. The molecule has 1 aromatic carbocycles. The average Bonchev–Trinajstić information content (AvgIpc) is 2.53. The second-order valence-electron chi connectivity index (χ2n) is 5.10. The summed E-state index contributed by atoms with van der Waals surface area (Å²) in [6.45, 7) is 2.99. The Balaban J connectivity index is 2.07. The quantitative estimate of drug-likeness (QED) is 0.872. The number of hydrogen-bond acceptors (Lipinski definition) is 4. The molecule has 0 saturated heterocycles. The van der Waals surface area contributed by atoms with E-state index in [1.807, 2.05) is 11.9 Å². The van der Waals surface area contributed by atoms with Crippen LogP contribution in [0.15, 0.2) is 30.3 Å². The fourth-order valence-corrected chi connectivity index (χ4v) is 2.25. The van der Waals surface area contributed by atoms with Gasteiger partial charge in [0.15, 0.2) is 11.6 Å². The Kier molecular flexibility index (Phi) is 5.87. The number of nitrogens with one attached hydrogen (secondary N) is 1. The average molecular weight is 337 g/mol. The first kappa shape index (κ1) is 17.1. The molecule has 23 heavy (non-hydrogen) atoms. The highest BCUT2D eigenvalue weighted by Crippen LogP contribution is 2.20. The number of carbonyl (C=O) groups excluding carboxylic acids is 1. The molecule has 2 rings (SSSR count). The molecule has 2 aromatic rings. The number of benzene rings is 1. The van der Waals surface area contributed by atoms with Crippen molar-refractivity contribution >= 4 is 29.1 Å². The molecule has 0 bridgehead atoms. The van der Waals surface area contributed by atoms with Gasteiger partial charge in [0.1, 0.15) is 5.82 Å². The summed E-state index contributed by atoms with van der Waals surface area (Å²) in [5.74, 6) is -0.393. The second kappa shape index (κ2) is 7.87. The van der Waals surface area contributed by atoms with Gasteiger partial charge in [-0.1, -0.05) is 31.0 Å². The predicted octanol–water partition coefficient (Wildman–Crippen LogP) is 3.76. The van der Waals surface area contributed by atoms with Crippen molar-refractivity contribution in [2.45, 2.75) is 19.8 Å². The lowest BCUT2D eigenvalue weighted by Gasteiger charge is -2.17. The van der Waals surface area contributed by atoms with E-state index in [1.54, 1.807) is 12.1 Å². The number of amides is 1. The Morgan fingerprint density at radius 2 is 2.09 bits per heavy atom. The summed E-state index contributed by atoms with van der Waals surface area (Å²) in [4.78, 5) is 14.1. The summed E-state index contributed by atoms with van der Waals surface area (Å²) >= 11 is 5.86. The highest BCUT2D eigenvalue weighted by Gasteiger charge is 2.16. The van der Waals surface area contributed by atoms with Crippen molar-refractivity contribution in [2.24, 2.45) is 0 Å². The zero-order valence-electron chi connectivity index (χ0n) is 13.0. The Labute approximate surface area is 139 Å². The maximum absolute atomic E-state index is 13.7.